The monoisotopic (exact) mass is 121 g/mol. The van der Waals surface area contributed by atoms with Crippen molar-refractivity contribution in [2.24, 2.45) is 0 Å². The summed E-state index contributed by atoms with van der Waals surface area (Å²) in [7, 11) is 0. The van der Waals surface area contributed by atoms with Crippen molar-refractivity contribution in [2.75, 3.05) is 6.54 Å². The lowest BCUT2D eigenvalue weighted by Gasteiger charge is -2.03. The van der Waals surface area contributed by atoms with Crippen LogP contribution in [0.4, 0.5) is 0 Å². The van der Waals surface area contributed by atoms with Gasteiger partial charge in [-0.3, -0.25) is 0 Å². The molecule has 0 aliphatic rings. The molecule has 1 N–H and O–H groups in total. The van der Waals surface area contributed by atoms with E-state index in [1.54, 1.807) is 0 Å². The van der Waals surface area contributed by atoms with Gasteiger partial charge in [-0.1, -0.05) is 13.8 Å². The second kappa shape index (κ2) is 4.41. The molecule has 0 saturated heterocycles. The third-order valence-corrected chi connectivity index (χ3v) is 1.25. The molecule has 0 aromatic rings. The zero-order valence-electron chi connectivity index (χ0n) is 4.87. The normalized spacial score (nSPS) is 14.1. The van der Waals surface area contributed by atoms with Crippen molar-refractivity contribution in [3.63, 3.8) is 0 Å². The molecule has 0 aromatic carbocycles. The molecular weight excluding hydrogens is 110 g/mol. The van der Waals surface area contributed by atoms with Crippen LogP contribution in [0.1, 0.15) is 20.3 Å². The van der Waals surface area contributed by atoms with Crippen LogP contribution in [0, 0.1) is 0 Å². The average Bonchev–Trinajstić information content (AvgIpc) is 1.68. The fourth-order valence-corrected chi connectivity index (χ4v) is 0.520. The van der Waals surface area contributed by atoms with Gasteiger partial charge in [-0.2, -0.15) is 0 Å². The number of alkyl halides is 1. The zero-order chi connectivity index (χ0) is 5.70. The Bertz CT molecular complexity index is 39.1. The fraction of sp³-hybridized carbons (Fsp3) is 1.00. The highest BCUT2D eigenvalue weighted by atomic mass is 35.5. The molecule has 1 unspecified atom stereocenters. The Balaban J connectivity index is 2.83. The highest BCUT2D eigenvalue weighted by molar-refractivity contribution is 6.20. The Kier molecular flexibility index (Phi) is 4.57. The van der Waals surface area contributed by atoms with Crippen LogP contribution in [0.15, 0.2) is 0 Å². The molecule has 0 aromatic heterocycles. The minimum absolute atomic E-state index is 0.171. The molecule has 0 heterocycles. The van der Waals surface area contributed by atoms with Gasteiger partial charge in [-0.05, 0) is 13.0 Å². The number of hydrogen-bond donors (Lipinski definition) is 1. The maximum atomic E-state index is 5.65. The highest BCUT2D eigenvalue weighted by Crippen LogP contribution is 1.93. The Morgan fingerprint density at radius 2 is 2.14 bits per heavy atom. The van der Waals surface area contributed by atoms with Crippen LogP contribution in [0.2, 0.25) is 0 Å². The SMILES string of the molecule is CCNC(Cl)CC. The van der Waals surface area contributed by atoms with E-state index in [1.165, 1.54) is 0 Å². The van der Waals surface area contributed by atoms with Crippen molar-refractivity contribution in [3.8, 4) is 0 Å². The van der Waals surface area contributed by atoms with Crippen molar-refractivity contribution < 1.29 is 0 Å². The number of halogens is 1. The molecule has 0 bridgehead atoms. The first-order valence-electron chi connectivity index (χ1n) is 2.68. The molecule has 2 heteroatoms. The molecule has 1 nitrogen and oxygen atoms in total. The van der Waals surface area contributed by atoms with Crippen molar-refractivity contribution in [3.05, 3.63) is 0 Å². The van der Waals surface area contributed by atoms with Crippen LogP contribution in [0.3, 0.4) is 0 Å². The molecular formula is C5H12ClN. The first-order valence-corrected chi connectivity index (χ1v) is 3.12. The first kappa shape index (κ1) is 7.25. The Hall–Kier alpha value is 0.250. The standard InChI is InChI=1S/C5H12ClN/c1-3-5(6)7-4-2/h5,7H,3-4H2,1-2H3. The predicted octanol–water partition coefficient (Wildman–Crippen LogP) is 1.57. The third-order valence-electron chi connectivity index (χ3n) is 0.784. The van der Waals surface area contributed by atoms with Crippen LogP contribution in [0.25, 0.3) is 0 Å². The van der Waals surface area contributed by atoms with Gasteiger partial charge < -0.3 is 5.32 Å². The van der Waals surface area contributed by atoms with E-state index in [4.69, 9.17) is 11.6 Å². The van der Waals surface area contributed by atoms with E-state index in [0.29, 0.717) is 0 Å². The molecule has 1 atom stereocenters. The van der Waals surface area contributed by atoms with Gasteiger partial charge in [0.1, 0.15) is 0 Å². The second-order valence-electron chi connectivity index (χ2n) is 1.43. The molecule has 7 heavy (non-hydrogen) atoms. The molecule has 0 amide bonds. The summed E-state index contributed by atoms with van der Waals surface area (Å²) in [5.74, 6) is 0. The van der Waals surface area contributed by atoms with Crippen LogP contribution in [-0.4, -0.2) is 12.0 Å². The summed E-state index contributed by atoms with van der Waals surface area (Å²) in [6.07, 6.45) is 0.995. The number of nitrogens with one attached hydrogen (secondary N) is 1. The minimum Gasteiger partial charge on any atom is -0.302 e. The van der Waals surface area contributed by atoms with Gasteiger partial charge in [-0.15, -0.1) is 11.6 Å². The van der Waals surface area contributed by atoms with Gasteiger partial charge in [0.25, 0.3) is 0 Å². The summed E-state index contributed by atoms with van der Waals surface area (Å²) in [6.45, 7) is 5.06. The van der Waals surface area contributed by atoms with E-state index in [9.17, 15) is 0 Å². The largest absolute Gasteiger partial charge is 0.302 e. The van der Waals surface area contributed by atoms with Crippen molar-refractivity contribution in [1.82, 2.24) is 5.32 Å². The van der Waals surface area contributed by atoms with Crippen molar-refractivity contribution in [2.45, 2.75) is 25.8 Å². The lowest BCUT2D eigenvalue weighted by atomic mass is 10.5. The Morgan fingerprint density at radius 3 is 2.29 bits per heavy atom. The van der Waals surface area contributed by atoms with E-state index in [-0.39, 0.29) is 5.50 Å². The molecule has 0 fully saturated rings. The molecule has 44 valence electrons. The topological polar surface area (TPSA) is 12.0 Å². The lowest BCUT2D eigenvalue weighted by Crippen LogP contribution is -2.21. The number of rotatable bonds is 3. The van der Waals surface area contributed by atoms with Crippen LogP contribution >= 0.6 is 11.6 Å². The summed E-state index contributed by atoms with van der Waals surface area (Å²) in [6, 6.07) is 0. The van der Waals surface area contributed by atoms with E-state index >= 15 is 0 Å². The Morgan fingerprint density at radius 1 is 1.57 bits per heavy atom. The van der Waals surface area contributed by atoms with Crippen molar-refractivity contribution >= 4 is 11.6 Å². The molecule has 0 spiro atoms. The summed E-state index contributed by atoms with van der Waals surface area (Å²) >= 11 is 5.65. The highest BCUT2D eigenvalue weighted by Gasteiger charge is 1.93. The van der Waals surface area contributed by atoms with E-state index in [2.05, 4.69) is 12.2 Å². The maximum absolute atomic E-state index is 5.65. The Labute approximate surface area is 50.1 Å². The quantitative estimate of drug-likeness (QED) is 0.442. The molecule has 0 aliphatic carbocycles. The smallest absolute Gasteiger partial charge is 0.0822 e. The first-order chi connectivity index (χ1) is 3.31. The molecule has 0 aliphatic heterocycles. The van der Waals surface area contributed by atoms with Gasteiger partial charge in [0, 0.05) is 0 Å². The number of hydrogen-bond acceptors (Lipinski definition) is 1. The fourth-order valence-electron chi connectivity index (χ4n) is 0.366. The van der Waals surface area contributed by atoms with E-state index in [1.807, 2.05) is 6.92 Å². The van der Waals surface area contributed by atoms with Crippen LogP contribution in [-0.2, 0) is 0 Å². The summed E-state index contributed by atoms with van der Waals surface area (Å²) in [5.41, 5.74) is 0.171. The van der Waals surface area contributed by atoms with E-state index in [0.717, 1.165) is 13.0 Å². The van der Waals surface area contributed by atoms with Gasteiger partial charge in [0.15, 0.2) is 0 Å². The molecule has 0 rings (SSSR count). The van der Waals surface area contributed by atoms with Crippen LogP contribution < -0.4 is 5.32 Å². The van der Waals surface area contributed by atoms with E-state index < -0.39 is 0 Å². The van der Waals surface area contributed by atoms with Gasteiger partial charge in [0.05, 0.1) is 5.50 Å². The van der Waals surface area contributed by atoms with Gasteiger partial charge >= 0.3 is 0 Å². The van der Waals surface area contributed by atoms with Crippen molar-refractivity contribution in [1.29, 1.82) is 0 Å². The zero-order valence-corrected chi connectivity index (χ0v) is 5.63. The summed E-state index contributed by atoms with van der Waals surface area (Å²) < 4.78 is 0. The summed E-state index contributed by atoms with van der Waals surface area (Å²) in [4.78, 5) is 0. The predicted molar refractivity (Wildman–Crippen MR) is 33.6 cm³/mol. The van der Waals surface area contributed by atoms with Gasteiger partial charge in [0.2, 0.25) is 0 Å². The van der Waals surface area contributed by atoms with Gasteiger partial charge in [-0.25, -0.2) is 0 Å². The maximum Gasteiger partial charge on any atom is 0.0822 e. The van der Waals surface area contributed by atoms with Crippen LogP contribution in [0.5, 0.6) is 0 Å². The molecule has 0 saturated carbocycles. The average molecular weight is 122 g/mol. The third kappa shape index (κ3) is 4.10. The summed E-state index contributed by atoms with van der Waals surface area (Å²) in [5, 5.41) is 3.06. The lowest BCUT2D eigenvalue weighted by molar-refractivity contribution is 0.650. The minimum atomic E-state index is 0.171. The second-order valence-corrected chi connectivity index (χ2v) is 1.96. The molecule has 0 radical (unpaired) electrons.